The first kappa shape index (κ1) is 14.8. The van der Waals surface area contributed by atoms with Gasteiger partial charge in [-0.15, -0.1) is 0 Å². The molecule has 2 aromatic rings. The molecule has 0 N–H and O–H groups in total. The number of likely N-dealkylation sites (N-methyl/N-ethyl adjacent to an activating group) is 1. The number of alkyl halides is 3. The molecule has 118 valence electrons. The first-order valence-corrected chi connectivity index (χ1v) is 6.88. The van der Waals surface area contributed by atoms with Crippen LogP contribution >= 0.6 is 0 Å². The van der Waals surface area contributed by atoms with E-state index in [1.807, 2.05) is 6.07 Å². The van der Waals surface area contributed by atoms with Crippen LogP contribution < -0.4 is 4.90 Å². The van der Waals surface area contributed by atoms with Crippen molar-refractivity contribution in [2.45, 2.75) is 6.18 Å². The molecule has 2 heterocycles. The van der Waals surface area contributed by atoms with Gasteiger partial charge in [0.25, 0.3) is 0 Å². The van der Waals surface area contributed by atoms with Gasteiger partial charge in [0.2, 0.25) is 5.82 Å². The zero-order valence-corrected chi connectivity index (χ0v) is 12.0. The Morgan fingerprint density at radius 2 is 1.86 bits per heavy atom. The van der Waals surface area contributed by atoms with Crippen molar-refractivity contribution in [3.05, 3.63) is 30.2 Å². The highest BCUT2D eigenvalue weighted by Crippen LogP contribution is 2.30. The third-order valence-electron chi connectivity index (χ3n) is 3.64. The molecule has 22 heavy (non-hydrogen) atoms. The number of nitrogens with zero attached hydrogens (tertiary/aromatic N) is 4. The van der Waals surface area contributed by atoms with Crippen molar-refractivity contribution in [2.24, 2.45) is 0 Å². The van der Waals surface area contributed by atoms with Crippen molar-refractivity contribution in [3.8, 4) is 11.4 Å². The number of halogens is 3. The van der Waals surface area contributed by atoms with Gasteiger partial charge >= 0.3 is 12.1 Å². The summed E-state index contributed by atoms with van der Waals surface area (Å²) >= 11 is 0. The maximum atomic E-state index is 12.5. The van der Waals surface area contributed by atoms with E-state index >= 15 is 0 Å². The van der Waals surface area contributed by atoms with E-state index in [1.165, 1.54) is 0 Å². The van der Waals surface area contributed by atoms with Crippen molar-refractivity contribution in [1.82, 2.24) is 15.0 Å². The molecule has 0 bridgehead atoms. The second-order valence-corrected chi connectivity index (χ2v) is 5.26. The van der Waals surface area contributed by atoms with E-state index in [-0.39, 0.29) is 5.82 Å². The highest BCUT2D eigenvalue weighted by atomic mass is 19.4. The van der Waals surface area contributed by atoms with Crippen LogP contribution in [0.5, 0.6) is 0 Å². The molecule has 1 fully saturated rings. The van der Waals surface area contributed by atoms with E-state index < -0.39 is 12.1 Å². The lowest BCUT2D eigenvalue weighted by Gasteiger charge is -2.34. The summed E-state index contributed by atoms with van der Waals surface area (Å²) in [6, 6.07) is 7.17. The summed E-state index contributed by atoms with van der Waals surface area (Å²) in [5.74, 6) is -1.38. The van der Waals surface area contributed by atoms with Crippen molar-refractivity contribution < 1.29 is 17.7 Å². The Hall–Kier alpha value is -2.09. The molecule has 0 unspecified atom stereocenters. The SMILES string of the molecule is CN1CCN(c2cccc(-c3noc(C(F)(F)F)n3)c2)CC1. The smallest absolute Gasteiger partial charge is 0.369 e. The van der Waals surface area contributed by atoms with E-state index in [1.54, 1.807) is 18.2 Å². The van der Waals surface area contributed by atoms with Crippen LogP contribution in [0.1, 0.15) is 5.89 Å². The molecule has 1 aromatic heterocycles. The Morgan fingerprint density at radius 1 is 1.14 bits per heavy atom. The Kier molecular flexibility index (Phi) is 3.78. The normalized spacial score (nSPS) is 17.0. The van der Waals surface area contributed by atoms with Crippen LogP contribution in [0.15, 0.2) is 28.8 Å². The van der Waals surface area contributed by atoms with Crippen molar-refractivity contribution in [1.29, 1.82) is 0 Å². The van der Waals surface area contributed by atoms with E-state index in [0.29, 0.717) is 5.56 Å². The molecule has 0 aliphatic carbocycles. The van der Waals surface area contributed by atoms with Gasteiger partial charge in [-0.05, 0) is 19.2 Å². The molecular weight excluding hydrogens is 297 g/mol. The van der Waals surface area contributed by atoms with E-state index in [0.717, 1.165) is 31.9 Å². The van der Waals surface area contributed by atoms with Crippen LogP contribution in [-0.4, -0.2) is 48.3 Å². The third-order valence-corrected chi connectivity index (χ3v) is 3.64. The molecule has 0 amide bonds. The molecular formula is C14H15F3N4O. The summed E-state index contributed by atoms with van der Waals surface area (Å²) in [6.45, 7) is 3.65. The lowest BCUT2D eigenvalue weighted by Crippen LogP contribution is -2.44. The molecule has 8 heteroatoms. The average Bonchev–Trinajstić information content (AvgIpc) is 2.98. The molecule has 0 atom stereocenters. The van der Waals surface area contributed by atoms with E-state index in [4.69, 9.17) is 0 Å². The summed E-state index contributed by atoms with van der Waals surface area (Å²) < 4.78 is 41.8. The Bertz CT molecular complexity index is 648. The summed E-state index contributed by atoms with van der Waals surface area (Å²) in [4.78, 5) is 7.84. The number of anilines is 1. The highest BCUT2D eigenvalue weighted by molar-refractivity contribution is 5.63. The first-order chi connectivity index (χ1) is 10.4. The zero-order valence-electron chi connectivity index (χ0n) is 12.0. The van der Waals surface area contributed by atoms with Crippen LogP contribution in [0.3, 0.4) is 0 Å². The highest BCUT2D eigenvalue weighted by Gasteiger charge is 2.38. The second kappa shape index (κ2) is 5.60. The predicted molar refractivity (Wildman–Crippen MR) is 74.4 cm³/mol. The molecule has 3 rings (SSSR count). The van der Waals surface area contributed by atoms with Gasteiger partial charge in [0.15, 0.2) is 0 Å². The van der Waals surface area contributed by atoms with Crippen molar-refractivity contribution >= 4 is 5.69 Å². The minimum Gasteiger partial charge on any atom is -0.369 e. The molecule has 1 saturated heterocycles. The lowest BCUT2D eigenvalue weighted by molar-refractivity contribution is -0.159. The molecule has 0 spiro atoms. The Morgan fingerprint density at radius 3 is 2.50 bits per heavy atom. The molecule has 1 aromatic carbocycles. The number of hydrogen-bond donors (Lipinski definition) is 0. The Balaban J connectivity index is 1.83. The second-order valence-electron chi connectivity index (χ2n) is 5.26. The van der Waals surface area contributed by atoms with Crippen LogP contribution in [0.2, 0.25) is 0 Å². The van der Waals surface area contributed by atoms with Crippen LogP contribution in [0.25, 0.3) is 11.4 Å². The number of hydrogen-bond acceptors (Lipinski definition) is 5. The van der Waals surface area contributed by atoms with Gasteiger partial charge in [0.05, 0.1) is 0 Å². The largest absolute Gasteiger partial charge is 0.471 e. The van der Waals surface area contributed by atoms with Crippen molar-refractivity contribution in [2.75, 3.05) is 38.1 Å². The first-order valence-electron chi connectivity index (χ1n) is 6.88. The fourth-order valence-corrected chi connectivity index (χ4v) is 2.36. The summed E-state index contributed by atoms with van der Waals surface area (Å²) in [5, 5.41) is 3.42. The van der Waals surface area contributed by atoms with Gasteiger partial charge in [-0.25, -0.2) is 0 Å². The van der Waals surface area contributed by atoms with Gasteiger partial charge in [-0.2, -0.15) is 18.2 Å². The van der Waals surface area contributed by atoms with Gasteiger partial charge in [0, 0.05) is 37.4 Å². The standard InChI is InChI=1S/C14H15F3N4O/c1-20-5-7-21(8-6-20)11-4-2-3-10(9-11)12-18-13(22-19-12)14(15,16)17/h2-4,9H,5-8H2,1H3. The average molecular weight is 312 g/mol. The van der Waals surface area contributed by atoms with E-state index in [2.05, 4.69) is 31.5 Å². The summed E-state index contributed by atoms with van der Waals surface area (Å²) in [5.41, 5.74) is 1.46. The van der Waals surface area contributed by atoms with Crippen LogP contribution in [-0.2, 0) is 6.18 Å². The number of aromatic nitrogens is 2. The molecule has 0 radical (unpaired) electrons. The summed E-state index contributed by atoms with van der Waals surface area (Å²) in [7, 11) is 2.06. The molecule has 1 aliphatic rings. The maximum absolute atomic E-state index is 12.5. The minimum atomic E-state index is -4.62. The monoisotopic (exact) mass is 312 g/mol. The van der Waals surface area contributed by atoms with Gasteiger partial charge in [0.1, 0.15) is 0 Å². The lowest BCUT2D eigenvalue weighted by atomic mass is 10.1. The van der Waals surface area contributed by atoms with Gasteiger partial charge in [-0.3, -0.25) is 0 Å². The third kappa shape index (κ3) is 3.06. The van der Waals surface area contributed by atoms with Gasteiger partial charge < -0.3 is 14.3 Å². The number of benzene rings is 1. The van der Waals surface area contributed by atoms with Gasteiger partial charge in [-0.1, -0.05) is 17.3 Å². The fourth-order valence-electron chi connectivity index (χ4n) is 2.36. The fraction of sp³-hybridized carbons (Fsp3) is 0.429. The summed E-state index contributed by atoms with van der Waals surface area (Å²) in [6.07, 6.45) is -4.62. The predicted octanol–water partition coefficient (Wildman–Crippen LogP) is 2.51. The van der Waals surface area contributed by atoms with E-state index in [9.17, 15) is 13.2 Å². The number of rotatable bonds is 2. The number of piperazine rings is 1. The molecule has 0 saturated carbocycles. The minimum absolute atomic E-state index is 0.0525. The van der Waals surface area contributed by atoms with Crippen LogP contribution in [0.4, 0.5) is 18.9 Å². The topological polar surface area (TPSA) is 45.4 Å². The molecule has 5 nitrogen and oxygen atoms in total. The molecule has 1 aliphatic heterocycles. The quantitative estimate of drug-likeness (QED) is 0.852. The van der Waals surface area contributed by atoms with Crippen LogP contribution in [0, 0.1) is 0 Å². The maximum Gasteiger partial charge on any atom is 0.471 e. The Labute approximate surface area is 125 Å². The zero-order chi connectivity index (χ0) is 15.7. The van der Waals surface area contributed by atoms with Crippen molar-refractivity contribution in [3.63, 3.8) is 0 Å².